The summed E-state index contributed by atoms with van der Waals surface area (Å²) in [5, 5.41) is 3.44. The van der Waals surface area contributed by atoms with E-state index in [-0.39, 0.29) is 5.54 Å². The Balaban J connectivity index is 2.20. The van der Waals surface area contributed by atoms with Crippen LogP contribution in [0.4, 0.5) is 0 Å². The third-order valence-corrected chi connectivity index (χ3v) is 4.31. The molecule has 0 radical (unpaired) electrons. The van der Waals surface area contributed by atoms with E-state index in [0.717, 1.165) is 5.75 Å². The number of fused-ring (bicyclic) bond motifs is 1. The van der Waals surface area contributed by atoms with Gasteiger partial charge < -0.3 is 10.1 Å². The van der Waals surface area contributed by atoms with Crippen LogP contribution in [-0.2, 0) is 12.8 Å². The molecule has 17 heavy (non-hydrogen) atoms. The lowest BCUT2D eigenvalue weighted by Gasteiger charge is -2.37. The van der Waals surface area contributed by atoms with E-state index >= 15 is 0 Å². The lowest BCUT2D eigenvalue weighted by molar-refractivity contribution is 0.243. The molecule has 0 bridgehead atoms. The van der Waals surface area contributed by atoms with E-state index in [2.05, 4.69) is 44.4 Å². The Labute approximate surface area is 104 Å². The minimum absolute atomic E-state index is 0.220. The number of methoxy groups -OCH3 is 1. The molecule has 94 valence electrons. The van der Waals surface area contributed by atoms with Crippen molar-refractivity contribution in [2.45, 2.75) is 38.6 Å². The van der Waals surface area contributed by atoms with Crippen molar-refractivity contribution in [1.29, 1.82) is 0 Å². The van der Waals surface area contributed by atoms with Gasteiger partial charge in [0, 0.05) is 5.54 Å². The molecule has 0 aromatic heterocycles. The van der Waals surface area contributed by atoms with Gasteiger partial charge in [-0.25, -0.2) is 0 Å². The summed E-state index contributed by atoms with van der Waals surface area (Å²) < 4.78 is 5.28. The van der Waals surface area contributed by atoms with Crippen molar-refractivity contribution in [3.8, 4) is 5.75 Å². The van der Waals surface area contributed by atoms with Crippen LogP contribution < -0.4 is 10.1 Å². The van der Waals surface area contributed by atoms with Crippen LogP contribution in [0, 0.1) is 5.92 Å². The largest absolute Gasteiger partial charge is 0.497 e. The summed E-state index contributed by atoms with van der Waals surface area (Å²) in [6, 6.07) is 6.50. The molecule has 0 amide bonds. The Morgan fingerprint density at radius 1 is 1.29 bits per heavy atom. The fourth-order valence-electron chi connectivity index (χ4n) is 2.68. The van der Waals surface area contributed by atoms with Gasteiger partial charge in [0.1, 0.15) is 5.75 Å². The normalized spacial score (nSPS) is 19.9. The van der Waals surface area contributed by atoms with Crippen LogP contribution in [0.15, 0.2) is 18.2 Å². The second kappa shape index (κ2) is 4.69. The number of benzene rings is 1. The predicted octanol–water partition coefficient (Wildman–Crippen LogP) is 2.80. The lowest BCUT2D eigenvalue weighted by atomic mass is 9.74. The Hall–Kier alpha value is -1.02. The minimum atomic E-state index is 0.220. The monoisotopic (exact) mass is 233 g/mol. The SMILES string of the molecule is CNC(C)(C)C1CCc2cc(OC)ccc2C1. The first-order valence-corrected chi connectivity index (χ1v) is 6.41. The van der Waals surface area contributed by atoms with E-state index in [1.165, 1.54) is 30.4 Å². The van der Waals surface area contributed by atoms with Crippen molar-refractivity contribution in [2.75, 3.05) is 14.2 Å². The second-order valence-corrected chi connectivity index (χ2v) is 5.55. The van der Waals surface area contributed by atoms with Crippen LogP contribution in [0.3, 0.4) is 0 Å². The third kappa shape index (κ3) is 2.47. The highest BCUT2D eigenvalue weighted by atomic mass is 16.5. The van der Waals surface area contributed by atoms with Crippen molar-refractivity contribution in [3.05, 3.63) is 29.3 Å². The third-order valence-electron chi connectivity index (χ3n) is 4.31. The molecule has 1 aliphatic rings. The Morgan fingerprint density at radius 3 is 2.71 bits per heavy atom. The van der Waals surface area contributed by atoms with Gasteiger partial charge in [0.25, 0.3) is 0 Å². The molecule has 2 heteroatoms. The standard InChI is InChI=1S/C15H23NO/c1-15(2,16-3)13-7-5-12-10-14(17-4)8-6-11(12)9-13/h6,8,10,13,16H,5,7,9H2,1-4H3. The molecule has 0 heterocycles. The van der Waals surface area contributed by atoms with Crippen molar-refractivity contribution in [3.63, 3.8) is 0 Å². The molecule has 1 aliphatic carbocycles. The summed E-state index contributed by atoms with van der Waals surface area (Å²) in [4.78, 5) is 0. The van der Waals surface area contributed by atoms with Gasteiger partial charge in [0.05, 0.1) is 7.11 Å². The molecule has 0 fully saturated rings. The number of hydrogen-bond acceptors (Lipinski definition) is 2. The van der Waals surface area contributed by atoms with E-state index in [1.54, 1.807) is 7.11 Å². The molecular weight excluding hydrogens is 210 g/mol. The molecule has 2 rings (SSSR count). The van der Waals surface area contributed by atoms with Crippen molar-refractivity contribution in [1.82, 2.24) is 5.32 Å². The number of nitrogens with one attached hydrogen (secondary N) is 1. The maximum Gasteiger partial charge on any atom is 0.119 e. The van der Waals surface area contributed by atoms with Crippen LogP contribution in [-0.4, -0.2) is 19.7 Å². The quantitative estimate of drug-likeness (QED) is 0.867. The van der Waals surface area contributed by atoms with Gasteiger partial charge in [0.2, 0.25) is 0 Å². The molecule has 0 saturated heterocycles. The highest BCUT2D eigenvalue weighted by Gasteiger charge is 2.30. The average Bonchev–Trinajstić information content (AvgIpc) is 2.37. The summed E-state index contributed by atoms with van der Waals surface area (Å²) in [5.74, 6) is 1.70. The van der Waals surface area contributed by atoms with E-state index in [9.17, 15) is 0 Å². The number of hydrogen-bond donors (Lipinski definition) is 1. The summed E-state index contributed by atoms with van der Waals surface area (Å²) in [5.41, 5.74) is 3.18. The van der Waals surface area contributed by atoms with Gasteiger partial charge >= 0.3 is 0 Å². The van der Waals surface area contributed by atoms with Crippen LogP contribution in [0.1, 0.15) is 31.4 Å². The van der Waals surface area contributed by atoms with E-state index in [0.29, 0.717) is 5.92 Å². The molecule has 1 atom stereocenters. The predicted molar refractivity (Wildman–Crippen MR) is 71.6 cm³/mol. The minimum Gasteiger partial charge on any atom is -0.497 e. The van der Waals surface area contributed by atoms with Crippen LogP contribution in [0.25, 0.3) is 0 Å². The van der Waals surface area contributed by atoms with E-state index in [4.69, 9.17) is 4.74 Å². The Morgan fingerprint density at radius 2 is 2.06 bits per heavy atom. The molecule has 0 saturated carbocycles. The van der Waals surface area contributed by atoms with Gasteiger partial charge in [-0.3, -0.25) is 0 Å². The Kier molecular flexibility index (Phi) is 3.43. The summed E-state index contributed by atoms with van der Waals surface area (Å²) in [6.45, 7) is 4.60. The average molecular weight is 233 g/mol. The Bertz CT molecular complexity index is 398. The van der Waals surface area contributed by atoms with Gasteiger partial charge in [-0.15, -0.1) is 0 Å². The smallest absolute Gasteiger partial charge is 0.119 e. The molecule has 1 N–H and O–H groups in total. The summed E-state index contributed by atoms with van der Waals surface area (Å²) >= 11 is 0. The van der Waals surface area contributed by atoms with Gasteiger partial charge in [-0.1, -0.05) is 6.07 Å². The molecule has 0 spiro atoms. The zero-order chi connectivity index (χ0) is 12.5. The zero-order valence-electron chi connectivity index (χ0n) is 11.3. The van der Waals surface area contributed by atoms with Crippen LogP contribution in [0.2, 0.25) is 0 Å². The number of aryl methyl sites for hydroxylation is 1. The highest BCUT2D eigenvalue weighted by molar-refractivity contribution is 5.37. The molecule has 2 nitrogen and oxygen atoms in total. The molecule has 1 aromatic rings. The first-order chi connectivity index (χ1) is 8.06. The second-order valence-electron chi connectivity index (χ2n) is 5.55. The topological polar surface area (TPSA) is 21.3 Å². The number of ether oxygens (including phenoxy) is 1. The fourth-order valence-corrected chi connectivity index (χ4v) is 2.68. The summed E-state index contributed by atoms with van der Waals surface area (Å²) in [7, 11) is 3.79. The van der Waals surface area contributed by atoms with E-state index < -0.39 is 0 Å². The van der Waals surface area contributed by atoms with Crippen molar-refractivity contribution < 1.29 is 4.74 Å². The molecular formula is C15H23NO. The fraction of sp³-hybridized carbons (Fsp3) is 0.600. The maximum absolute atomic E-state index is 5.28. The molecule has 1 unspecified atom stereocenters. The molecule has 0 aliphatic heterocycles. The highest BCUT2D eigenvalue weighted by Crippen LogP contribution is 2.33. The first-order valence-electron chi connectivity index (χ1n) is 6.41. The number of rotatable bonds is 3. The van der Waals surface area contributed by atoms with Crippen LogP contribution >= 0.6 is 0 Å². The zero-order valence-corrected chi connectivity index (χ0v) is 11.3. The van der Waals surface area contributed by atoms with Gasteiger partial charge in [0.15, 0.2) is 0 Å². The van der Waals surface area contributed by atoms with E-state index in [1.807, 2.05) is 0 Å². The van der Waals surface area contributed by atoms with Gasteiger partial charge in [-0.05, 0) is 69.3 Å². The molecule has 1 aromatic carbocycles. The lowest BCUT2D eigenvalue weighted by Crippen LogP contribution is -2.46. The summed E-state index contributed by atoms with van der Waals surface area (Å²) in [6.07, 6.45) is 3.60. The first kappa shape index (κ1) is 12.4. The van der Waals surface area contributed by atoms with Crippen LogP contribution in [0.5, 0.6) is 5.75 Å². The van der Waals surface area contributed by atoms with Gasteiger partial charge in [-0.2, -0.15) is 0 Å². The maximum atomic E-state index is 5.28. The van der Waals surface area contributed by atoms with Crippen molar-refractivity contribution >= 4 is 0 Å². The van der Waals surface area contributed by atoms with Crippen molar-refractivity contribution in [2.24, 2.45) is 5.92 Å².